The Morgan fingerprint density at radius 2 is 1.72 bits per heavy atom. The molecule has 3 heteroatoms. The summed E-state index contributed by atoms with van der Waals surface area (Å²) in [5, 5.41) is 0. The zero-order chi connectivity index (χ0) is 12.8. The van der Waals surface area contributed by atoms with Crippen molar-refractivity contribution < 1.29 is 4.74 Å². The summed E-state index contributed by atoms with van der Waals surface area (Å²) in [6.45, 7) is 10.6. The van der Waals surface area contributed by atoms with Crippen molar-refractivity contribution in [2.45, 2.75) is 20.0 Å². The van der Waals surface area contributed by atoms with E-state index in [4.69, 9.17) is 4.74 Å². The molecule has 0 aromatic heterocycles. The molecule has 1 aromatic carbocycles. The lowest BCUT2D eigenvalue weighted by atomic mass is 10.2. The Hall–Kier alpha value is -1.06. The number of benzene rings is 1. The van der Waals surface area contributed by atoms with Crippen molar-refractivity contribution in [2.24, 2.45) is 0 Å². The van der Waals surface area contributed by atoms with E-state index in [1.807, 2.05) is 0 Å². The number of hydrogen-bond donors (Lipinski definition) is 0. The largest absolute Gasteiger partial charge is 0.377 e. The van der Waals surface area contributed by atoms with E-state index in [2.05, 4.69) is 54.0 Å². The third kappa shape index (κ3) is 4.00. The maximum atomic E-state index is 5.60. The van der Waals surface area contributed by atoms with Gasteiger partial charge in [0.05, 0.1) is 12.7 Å². The van der Waals surface area contributed by atoms with E-state index >= 15 is 0 Å². The zero-order valence-electron chi connectivity index (χ0n) is 11.5. The molecule has 3 nitrogen and oxygen atoms in total. The van der Waals surface area contributed by atoms with E-state index in [0.717, 1.165) is 39.3 Å². The van der Waals surface area contributed by atoms with Crippen LogP contribution in [0.25, 0.3) is 0 Å². The fourth-order valence-electron chi connectivity index (χ4n) is 2.29. The Bertz CT molecular complexity index is 332. The SMILES string of the molecule is CC(C)OCCN1CCN(c2ccccc2)CC1. The van der Waals surface area contributed by atoms with Gasteiger partial charge < -0.3 is 9.64 Å². The van der Waals surface area contributed by atoms with Crippen molar-refractivity contribution in [2.75, 3.05) is 44.2 Å². The van der Waals surface area contributed by atoms with Gasteiger partial charge in [0, 0.05) is 38.4 Å². The highest BCUT2D eigenvalue weighted by Gasteiger charge is 2.16. The molecule has 0 N–H and O–H groups in total. The summed E-state index contributed by atoms with van der Waals surface area (Å²) < 4.78 is 5.60. The number of ether oxygens (including phenoxy) is 1. The van der Waals surface area contributed by atoms with E-state index < -0.39 is 0 Å². The fraction of sp³-hybridized carbons (Fsp3) is 0.600. The van der Waals surface area contributed by atoms with Crippen LogP contribution in [0.5, 0.6) is 0 Å². The first-order valence-corrected chi connectivity index (χ1v) is 6.89. The summed E-state index contributed by atoms with van der Waals surface area (Å²) >= 11 is 0. The molecule has 0 aliphatic carbocycles. The smallest absolute Gasteiger partial charge is 0.0596 e. The van der Waals surface area contributed by atoms with Gasteiger partial charge in [-0.2, -0.15) is 0 Å². The molecule has 0 amide bonds. The monoisotopic (exact) mass is 248 g/mol. The molecular formula is C15H24N2O. The van der Waals surface area contributed by atoms with Gasteiger partial charge in [-0.25, -0.2) is 0 Å². The normalized spacial score (nSPS) is 17.4. The maximum Gasteiger partial charge on any atom is 0.0596 e. The fourth-order valence-corrected chi connectivity index (χ4v) is 2.29. The first kappa shape index (κ1) is 13.4. The van der Waals surface area contributed by atoms with Gasteiger partial charge in [0.15, 0.2) is 0 Å². The molecule has 100 valence electrons. The summed E-state index contributed by atoms with van der Waals surface area (Å²) in [6.07, 6.45) is 0.343. The molecule has 0 unspecified atom stereocenters. The van der Waals surface area contributed by atoms with Crippen molar-refractivity contribution >= 4 is 5.69 Å². The highest BCUT2D eigenvalue weighted by molar-refractivity contribution is 5.46. The van der Waals surface area contributed by atoms with Crippen LogP contribution in [0.1, 0.15) is 13.8 Å². The Labute approximate surface area is 110 Å². The molecule has 1 aliphatic rings. The van der Waals surface area contributed by atoms with E-state index in [1.54, 1.807) is 0 Å². The van der Waals surface area contributed by atoms with Crippen molar-refractivity contribution in [3.63, 3.8) is 0 Å². The van der Waals surface area contributed by atoms with Gasteiger partial charge in [-0.05, 0) is 26.0 Å². The number of rotatable bonds is 5. The summed E-state index contributed by atoms with van der Waals surface area (Å²) in [5.74, 6) is 0. The number of hydrogen-bond acceptors (Lipinski definition) is 3. The van der Waals surface area contributed by atoms with E-state index in [1.165, 1.54) is 5.69 Å². The molecule has 1 heterocycles. The topological polar surface area (TPSA) is 15.7 Å². The Kier molecular flexibility index (Phi) is 5.02. The second kappa shape index (κ2) is 6.76. The molecule has 0 saturated carbocycles. The second-order valence-corrected chi connectivity index (χ2v) is 5.08. The molecule has 2 rings (SSSR count). The van der Waals surface area contributed by atoms with Crippen LogP contribution in [0.2, 0.25) is 0 Å². The predicted molar refractivity (Wildman–Crippen MR) is 76.2 cm³/mol. The van der Waals surface area contributed by atoms with E-state index in [9.17, 15) is 0 Å². The van der Waals surface area contributed by atoms with Crippen LogP contribution in [0.4, 0.5) is 5.69 Å². The van der Waals surface area contributed by atoms with Crippen LogP contribution >= 0.6 is 0 Å². The average molecular weight is 248 g/mol. The molecular weight excluding hydrogens is 224 g/mol. The Morgan fingerprint density at radius 1 is 1.06 bits per heavy atom. The molecule has 0 spiro atoms. The Morgan fingerprint density at radius 3 is 2.33 bits per heavy atom. The van der Waals surface area contributed by atoms with Crippen LogP contribution < -0.4 is 4.90 Å². The van der Waals surface area contributed by atoms with Gasteiger partial charge in [0.1, 0.15) is 0 Å². The minimum Gasteiger partial charge on any atom is -0.377 e. The van der Waals surface area contributed by atoms with Gasteiger partial charge in [-0.15, -0.1) is 0 Å². The number of anilines is 1. The summed E-state index contributed by atoms with van der Waals surface area (Å²) in [4.78, 5) is 4.95. The van der Waals surface area contributed by atoms with E-state index in [-0.39, 0.29) is 0 Å². The highest BCUT2D eigenvalue weighted by Crippen LogP contribution is 2.15. The van der Waals surface area contributed by atoms with Gasteiger partial charge in [-0.3, -0.25) is 4.90 Å². The van der Waals surface area contributed by atoms with Gasteiger partial charge in [0.2, 0.25) is 0 Å². The summed E-state index contributed by atoms with van der Waals surface area (Å²) in [7, 11) is 0. The van der Waals surface area contributed by atoms with Crippen molar-refractivity contribution in [3.05, 3.63) is 30.3 Å². The van der Waals surface area contributed by atoms with Gasteiger partial charge in [0.25, 0.3) is 0 Å². The Balaban J connectivity index is 1.71. The third-order valence-corrected chi connectivity index (χ3v) is 3.35. The molecule has 0 radical (unpaired) electrons. The minimum absolute atomic E-state index is 0.343. The third-order valence-electron chi connectivity index (χ3n) is 3.35. The summed E-state index contributed by atoms with van der Waals surface area (Å²) in [6, 6.07) is 10.7. The van der Waals surface area contributed by atoms with Crippen molar-refractivity contribution in [1.82, 2.24) is 4.90 Å². The minimum atomic E-state index is 0.343. The maximum absolute atomic E-state index is 5.60. The summed E-state index contributed by atoms with van der Waals surface area (Å²) in [5.41, 5.74) is 1.34. The second-order valence-electron chi connectivity index (χ2n) is 5.08. The molecule has 18 heavy (non-hydrogen) atoms. The highest BCUT2D eigenvalue weighted by atomic mass is 16.5. The molecule has 1 aromatic rings. The van der Waals surface area contributed by atoms with Crippen LogP contribution in [0.15, 0.2) is 30.3 Å². The molecule has 1 aliphatic heterocycles. The average Bonchev–Trinajstić information content (AvgIpc) is 2.40. The molecule has 0 bridgehead atoms. The first-order chi connectivity index (χ1) is 8.75. The lowest BCUT2D eigenvalue weighted by Crippen LogP contribution is -2.47. The van der Waals surface area contributed by atoms with Crippen LogP contribution in [0, 0.1) is 0 Å². The standard InChI is InChI=1S/C15H24N2O/c1-14(2)18-13-12-16-8-10-17(11-9-16)15-6-4-3-5-7-15/h3-7,14H,8-13H2,1-2H3. The van der Waals surface area contributed by atoms with Gasteiger partial charge in [-0.1, -0.05) is 18.2 Å². The first-order valence-electron chi connectivity index (χ1n) is 6.89. The molecule has 1 saturated heterocycles. The molecule has 1 fully saturated rings. The van der Waals surface area contributed by atoms with Gasteiger partial charge >= 0.3 is 0 Å². The number of nitrogens with zero attached hydrogens (tertiary/aromatic N) is 2. The van der Waals surface area contributed by atoms with Crippen LogP contribution in [0.3, 0.4) is 0 Å². The van der Waals surface area contributed by atoms with Crippen LogP contribution in [-0.4, -0.2) is 50.3 Å². The van der Waals surface area contributed by atoms with Crippen LogP contribution in [-0.2, 0) is 4.74 Å². The number of para-hydroxylation sites is 1. The zero-order valence-corrected chi connectivity index (χ0v) is 11.5. The lowest BCUT2D eigenvalue weighted by molar-refractivity contribution is 0.0579. The lowest BCUT2D eigenvalue weighted by Gasteiger charge is -2.36. The number of piperazine rings is 1. The van der Waals surface area contributed by atoms with Crippen molar-refractivity contribution in [1.29, 1.82) is 0 Å². The quantitative estimate of drug-likeness (QED) is 0.795. The molecule has 0 atom stereocenters. The van der Waals surface area contributed by atoms with Crippen molar-refractivity contribution in [3.8, 4) is 0 Å². The predicted octanol–water partition coefficient (Wildman–Crippen LogP) is 2.23. The van der Waals surface area contributed by atoms with E-state index in [0.29, 0.717) is 6.10 Å².